The molecule has 0 aromatic heterocycles. The molecule has 1 atom stereocenters. The van der Waals surface area contributed by atoms with Gasteiger partial charge in [0.1, 0.15) is 5.82 Å². The molecule has 178 valence electrons. The average molecular weight is 496 g/mol. The molecular weight excluding hydrogens is 469 g/mol. The first-order valence-corrected chi connectivity index (χ1v) is 13.7. The van der Waals surface area contributed by atoms with Gasteiger partial charge in [0.2, 0.25) is 26.0 Å². The molecule has 2 saturated heterocycles. The van der Waals surface area contributed by atoms with Crippen LogP contribution in [0.1, 0.15) is 12.8 Å². The lowest BCUT2D eigenvalue weighted by Crippen LogP contribution is -2.54. The summed E-state index contributed by atoms with van der Waals surface area (Å²) in [7, 11) is -7.44. The minimum Gasteiger partial charge on any atom is -0.340 e. The average Bonchev–Trinajstić information content (AvgIpc) is 2.84. The van der Waals surface area contributed by atoms with E-state index in [1.807, 2.05) is 0 Å². The van der Waals surface area contributed by atoms with E-state index in [9.17, 15) is 26.0 Å². The molecule has 0 radical (unpaired) electrons. The Balaban J connectivity index is 1.39. The Hall–Kier alpha value is -2.34. The smallest absolute Gasteiger partial charge is 0.243 e. The number of halogens is 1. The Morgan fingerprint density at radius 1 is 0.758 bits per heavy atom. The highest BCUT2D eigenvalue weighted by Crippen LogP contribution is 2.26. The van der Waals surface area contributed by atoms with Crippen LogP contribution in [0.2, 0.25) is 0 Å². The van der Waals surface area contributed by atoms with Crippen molar-refractivity contribution in [1.82, 2.24) is 13.5 Å². The zero-order valence-electron chi connectivity index (χ0n) is 18.0. The molecule has 2 aromatic carbocycles. The molecule has 2 aliphatic rings. The molecule has 1 amide bonds. The molecule has 0 saturated carbocycles. The predicted molar refractivity (Wildman–Crippen MR) is 120 cm³/mol. The third-order valence-electron chi connectivity index (χ3n) is 6.12. The summed E-state index contributed by atoms with van der Waals surface area (Å²) < 4.78 is 67.3. The maximum Gasteiger partial charge on any atom is 0.243 e. The number of piperazine rings is 1. The molecule has 2 fully saturated rings. The third-order valence-corrected chi connectivity index (χ3v) is 9.91. The van der Waals surface area contributed by atoms with Crippen LogP contribution in [-0.4, -0.2) is 75.5 Å². The number of hydrogen-bond donors (Lipinski definition) is 0. The highest BCUT2D eigenvalue weighted by atomic mass is 32.2. The molecule has 33 heavy (non-hydrogen) atoms. The van der Waals surface area contributed by atoms with Gasteiger partial charge in [0.05, 0.1) is 15.7 Å². The van der Waals surface area contributed by atoms with Gasteiger partial charge >= 0.3 is 0 Å². The number of amides is 1. The van der Waals surface area contributed by atoms with Gasteiger partial charge < -0.3 is 4.90 Å². The van der Waals surface area contributed by atoms with Gasteiger partial charge in [-0.25, -0.2) is 21.2 Å². The Bertz CT molecular complexity index is 1200. The van der Waals surface area contributed by atoms with E-state index in [0.717, 1.165) is 12.1 Å². The molecular formula is C22H26FN3O5S2. The van der Waals surface area contributed by atoms with E-state index in [0.29, 0.717) is 19.4 Å². The summed E-state index contributed by atoms with van der Waals surface area (Å²) in [6, 6.07) is 12.8. The number of rotatable bonds is 5. The van der Waals surface area contributed by atoms with Crippen molar-refractivity contribution >= 4 is 26.0 Å². The molecule has 2 heterocycles. The lowest BCUT2D eigenvalue weighted by molar-refractivity contribution is -0.137. The molecule has 0 aliphatic carbocycles. The van der Waals surface area contributed by atoms with Crippen LogP contribution in [0.15, 0.2) is 64.4 Å². The molecule has 2 aromatic rings. The zero-order valence-corrected chi connectivity index (χ0v) is 19.6. The van der Waals surface area contributed by atoms with Gasteiger partial charge in [-0.05, 0) is 49.2 Å². The summed E-state index contributed by atoms with van der Waals surface area (Å²) in [6.45, 7) is 1.24. The number of hydrogen-bond acceptors (Lipinski definition) is 5. The van der Waals surface area contributed by atoms with Crippen LogP contribution in [0.5, 0.6) is 0 Å². The van der Waals surface area contributed by atoms with Gasteiger partial charge in [0, 0.05) is 39.3 Å². The van der Waals surface area contributed by atoms with Crippen molar-refractivity contribution in [3.8, 4) is 0 Å². The Morgan fingerprint density at radius 3 is 1.97 bits per heavy atom. The van der Waals surface area contributed by atoms with Crippen LogP contribution in [0, 0.1) is 11.7 Å². The van der Waals surface area contributed by atoms with Crippen LogP contribution in [0.4, 0.5) is 4.39 Å². The number of sulfonamides is 2. The van der Waals surface area contributed by atoms with Gasteiger partial charge in [-0.15, -0.1) is 0 Å². The van der Waals surface area contributed by atoms with Crippen molar-refractivity contribution in [3.63, 3.8) is 0 Å². The summed E-state index contributed by atoms with van der Waals surface area (Å²) in [4.78, 5) is 15.0. The van der Waals surface area contributed by atoms with Gasteiger partial charge in [-0.2, -0.15) is 8.61 Å². The Kier molecular flexibility index (Phi) is 6.85. The maximum absolute atomic E-state index is 13.2. The summed E-state index contributed by atoms with van der Waals surface area (Å²) in [5.41, 5.74) is 0. The molecule has 0 N–H and O–H groups in total. The second-order valence-corrected chi connectivity index (χ2v) is 12.1. The van der Waals surface area contributed by atoms with E-state index < -0.39 is 31.8 Å². The number of piperidine rings is 1. The first kappa shape index (κ1) is 23.8. The molecule has 8 nitrogen and oxygen atoms in total. The Morgan fingerprint density at radius 2 is 1.33 bits per heavy atom. The van der Waals surface area contributed by atoms with Gasteiger partial charge in [-0.1, -0.05) is 18.2 Å². The molecule has 0 spiro atoms. The first-order valence-electron chi connectivity index (χ1n) is 10.8. The Labute approximate surface area is 193 Å². The zero-order chi connectivity index (χ0) is 23.6. The molecule has 0 bridgehead atoms. The van der Waals surface area contributed by atoms with E-state index in [1.165, 1.54) is 20.7 Å². The van der Waals surface area contributed by atoms with Crippen molar-refractivity contribution in [2.45, 2.75) is 22.6 Å². The van der Waals surface area contributed by atoms with Crippen molar-refractivity contribution < 1.29 is 26.0 Å². The van der Waals surface area contributed by atoms with Gasteiger partial charge in [0.15, 0.2) is 0 Å². The van der Waals surface area contributed by atoms with E-state index in [1.54, 1.807) is 35.2 Å². The van der Waals surface area contributed by atoms with Crippen molar-refractivity contribution in [2.24, 2.45) is 5.92 Å². The lowest BCUT2D eigenvalue weighted by Gasteiger charge is -2.38. The van der Waals surface area contributed by atoms with Crippen LogP contribution >= 0.6 is 0 Å². The van der Waals surface area contributed by atoms with Crippen molar-refractivity contribution in [1.29, 1.82) is 0 Å². The third kappa shape index (κ3) is 4.96. The fourth-order valence-corrected chi connectivity index (χ4v) is 7.23. The lowest BCUT2D eigenvalue weighted by atomic mass is 9.98. The second kappa shape index (κ2) is 9.49. The van der Waals surface area contributed by atoms with E-state index >= 15 is 0 Å². The summed E-state index contributed by atoms with van der Waals surface area (Å²) in [6.07, 6.45) is 1.11. The van der Waals surface area contributed by atoms with Crippen molar-refractivity contribution in [2.75, 3.05) is 39.3 Å². The summed E-state index contributed by atoms with van der Waals surface area (Å²) in [5, 5.41) is 0. The van der Waals surface area contributed by atoms with Gasteiger partial charge in [-0.3, -0.25) is 4.79 Å². The quantitative estimate of drug-likeness (QED) is 0.630. The van der Waals surface area contributed by atoms with Crippen LogP contribution in [-0.2, 0) is 24.8 Å². The monoisotopic (exact) mass is 495 g/mol. The number of carbonyl (C=O) groups excluding carboxylic acids is 1. The largest absolute Gasteiger partial charge is 0.340 e. The molecule has 2 aliphatic heterocycles. The molecule has 11 heteroatoms. The van der Waals surface area contributed by atoms with E-state index in [4.69, 9.17) is 0 Å². The SMILES string of the molecule is O=C([C@@H]1CCCN(S(=O)(=O)c2ccc(F)cc2)C1)N1CCN(S(=O)(=O)c2ccccc2)CC1. The highest BCUT2D eigenvalue weighted by Gasteiger charge is 2.37. The van der Waals surface area contributed by atoms with Crippen LogP contribution < -0.4 is 0 Å². The summed E-state index contributed by atoms with van der Waals surface area (Å²) in [5.74, 6) is -1.17. The van der Waals surface area contributed by atoms with Gasteiger partial charge in [0.25, 0.3) is 0 Å². The molecule has 4 rings (SSSR count). The minimum atomic E-state index is -3.83. The standard InChI is InChI=1S/C22H26FN3O5S2/c23-19-8-10-21(11-9-19)33(30,31)26-12-4-5-18(17-26)22(27)24-13-15-25(16-14-24)32(28,29)20-6-2-1-3-7-20/h1-3,6-11,18H,4-5,12-17H2/t18-/m1/s1. The number of benzene rings is 2. The maximum atomic E-state index is 13.2. The fraction of sp³-hybridized carbons (Fsp3) is 0.409. The topological polar surface area (TPSA) is 95.1 Å². The van der Waals surface area contributed by atoms with Crippen LogP contribution in [0.25, 0.3) is 0 Å². The first-order chi connectivity index (χ1) is 15.7. The molecule has 0 unspecified atom stereocenters. The fourth-order valence-electron chi connectivity index (χ4n) is 4.27. The highest BCUT2D eigenvalue weighted by molar-refractivity contribution is 7.89. The van der Waals surface area contributed by atoms with E-state index in [-0.39, 0.29) is 48.4 Å². The number of nitrogens with zero attached hydrogens (tertiary/aromatic N) is 3. The van der Waals surface area contributed by atoms with E-state index in [2.05, 4.69) is 0 Å². The summed E-state index contributed by atoms with van der Waals surface area (Å²) >= 11 is 0. The van der Waals surface area contributed by atoms with Crippen molar-refractivity contribution in [3.05, 3.63) is 60.4 Å². The van der Waals surface area contributed by atoms with Crippen LogP contribution in [0.3, 0.4) is 0 Å². The minimum absolute atomic E-state index is 0.00303. The second-order valence-electron chi connectivity index (χ2n) is 8.20. The normalized spacial score (nSPS) is 21.1. The predicted octanol–water partition coefficient (Wildman–Crippen LogP) is 1.76. The number of carbonyl (C=O) groups is 1.